The van der Waals surface area contributed by atoms with Crippen LogP contribution in [-0.2, 0) is 4.79 Å². The molecular formula is C12H15NO4S. The van der Waals surface area contributed by atoms with Gasteiger partial charge in [-0.2, -0.15) is 0 Å². The van der Waals surface area contributed by atoms with Gasteiger partial charge < -0.3 is 15.5 Å². The van der Waals surface area contributed by atoms with Crippen LogP contribution in [0, 0.1) is 6.92 Å². The molecule has 1 rings (SSSR count). The average Bonchev–Trinajstić information content (AvgIpc) is 2.35. The molecule has 3 N–H and O–H groups in total. The fourth-order valence-electron chi connectivity index (χ4n) is 1.39. The van der Waals surface area contributed by atoms with Crippen molar-refractivity contribution >= 4 is 23.6 Å². The number of hydrogen-bond acceptors (Lipinski definition) is 4. The van der Waals surface area contributed by atoms with Crippen LogP contribution in [-0.4, -0.2) is 41.0 Å². The fourth-order valence-corrected chi connectivity index (χ4v) is 1.83. The van der Waals surface area contributed by atoms with Gasteiger partial charge in [0.15, 0.2) is 6.04 Å². The highest BCUT2D eigenvalue weighted by molar-refractivity contribution is 7.98. The van der Waals surface area contributed by atoms with Crippen LogP contribution in [0.4, 0.5) is 0 Å². The van der Waals surface area contributed by atoms with E-state index in [-0.39, 0.29) is 0 Å². The summed E-state index contributed by atoms with van der Waals surface area (Å²) in [5.41, 5.74) is 1.17. The van der Waals surface area contributed by atoms with Crippen molar-refractivity contribution in [2.75, 3.05) is 12.9 Å². The zero-order chi connectivity index (χ0) is 13.7. The van der Waals surface area contributed by atoms with E-state index in [9.17, 15) is 9.59 Å². The summed E-state index contributed by atoms with van der Waals surface area (Å²) in [7, 11) is 0. The highest BCUT2D eigenvalue weighted by atomic mass is 32.2. The number of carboxylic acid groups (broad SMARTS) is 1. The van der Waals surface area contributed by atoms with Crippen LogP contribution in [0.5, 0.6) is 0 Å². The van der Waals surface area contributed by atoms with Crippen molar-refractivity contribution in [2.45, 2.75) is 17.9 Å². The third kappa shape index (κ3) is 3.48. The Morgan fingerprint density at radius 1 is 1.44 bits per heavy atom. The van der Waals surface area contributed by atoms with E-state index in [1.54, 1.807) is 19.1 Å². The van der Waals surface area contributed by atoms with E-state index in [2.05, 4.69) is 5.32 Å². The Hall–Kier alpha value is -1.53. The second-order valence-corrected chi connectivity index (χ2v) is 4.61. The smallest absolute Gasteiger partial charge is 0.328 e. The number of amides is 1. The Balaban J connectivity index is 2.93. The van der Waals surface area contributed by atoms with Gasteiger partial charge in [-0.15, -0.1) is 11.8 Å². The molecule has 18 heavy (non-hydrogen) atoms. The molecule has 1 amide bonds. The summed E-state index contributed by atoms with van der Waals surface area (Å²) in [5, 5.41) is 19.9. The van der Waals surface area contributed by atoms with Gasteiger partial charge in [0.05, 0.1) is 6.61 Å². The number of aryl methyl sites for hydroxylation is 1. The largest absolute Gasteiger partial charge is 0.480 e. The van der Waals surface area contributed by atoms with Gasteiger partial charge in [-0.1, -0.05) is 6.07 Å². The summed E-state index contributed by atoms with van der Waals surface area (Å²) < 4.78 is 0. The van der Waals surface area contributed by atoms with Crippen LogP contribution < -0.4 is 5.32 Å². The van der Waals surface area contributed by atoms with E-state index in [1.807, 2.05) is 12.3 Å². The van der Waals surface area contributed by atoms with E-state index < -0.39 is 24.5 Å². The SMILES string of the molecule is CSc1ccc(C)c(C(=O)N[C@H](CO)C(=O)O)c1. The Morgan fingerprint density at radius 3 is 2.61 bits per heavy atom. The van der Waals surface area contributed by atoms with Crippen LogP contribution in [0.1, 0.15) is 15.9 Å². The third-order valence-corrected chi connectivity index (χ3v) is 3.20. The van der Waals surface area contributed by atoms with Crippen LogP contribution in [0.25, 0.3) is 0 Å². The first-order valence-electron chi connectivity index (χ1n) is 5.28. The maximum Gasteiger partial charge on any atom is 0.328 e. The van der Waals surface area contributed by atoms with E-state index in [0.29, 0.717) is 5.56 Å². The standard InChI is InChI=1S/C12H15NO4S/c1-7-3-4-8(18-2)5-9(7)11(15)13-10(6-14)12(16)17/h3-5,10,14H,6H2,1-2H3,(H,13,15)(H,16,17)/t10-/m1/s1. The molecule has 0 aromatic heterocycles. The highest BCUT2D eigenvalue weighted by Crippen LogP contribution is 2.19. The second kappa shape index (κ2) is 6.42. The molecule has 0 aliphatic carbocycles. The van der Waals surface area contributed by atoms with Gasteiger partial charge in [0, 0.05) is 10.5 Å². The molecule has 1 aromatic rings. The first kappa shape index (κ1) is 14.5. The minimum atomic E-state index is -1.28. The van der Waals surface area contributed by atoms with Gasteiger partial charge in [-0.3, -0.25) is 4.79 Å². The van der Waals surface area contributed by atoms with Crippen LogP contribution >= 0.6 is 11.8 Å². The fraction of sp³-hybridized carbons (Fsp3) is 0.333. The molecule has 0 saturated carbocycles. The third-order valence-electron chi connectivity index (χ3n) is 2.48. The first-order valence-corrected chi connectivity index (χ1v) is 6.51. The molecule has 0 saturated heterocycles. The van der Waals surface area contributed by atoms with Crippen molar-refractivity contribution in [3.63, 3.8) is 0 Å². The molecule has 0 aliphatic heterocycles. The minimum absolute atomic E-state index is 0.418. The van der Waals surface area contributed by atoms with E-state index >= 15 is 0 Å². The van der Waals surface area contributed by atoms with Crippen molar-refractivity contribution in [1.82, 2.24) is 5.32 Å². The highest BCUT2D eigenvalue weighted by Gasteiger charge is 2.20. The molecule has 1 atom stereocenters. The van der Waals surface area contributed by atoms with Gasteiger partial charge >= 0.3 is 5.97 Å². The predicted octanol–water partition coefficient (Wildman–Crippen LogP) is 0.892. The number of carbonyl (C=O) groups is 2. The average molecular weight is 269 g/mol. The number of aliphatic hydroxyl groups is 1. The number of nitrogens with one attached hydrogen (secondary N) is 1. The van der Waals surface area contributed by atoms with Crippen molar-refractivity contribution in [1.29, 1.82) is 0 Å². The lowest BCUT2D eigenvalue weighted by atomic mass is 10.1. The number of rotatable bonds is 5. The quantitative estimate of drug-likeness (QED) is 0.691. The van der Waals surface area contributed by atoms with Gasteiger partial charge in [-0.25, -0.2) is 4.79 Å². The second-order valence-electron chi connectivity index (χ2n) is 3.73. The summed E-state index contributed by atoms with van der Waals surface area (Å²) >= 11 is 1.49. The summed E-state index contributed by atoms with van der Waals surface area (Å²) in [6, 6.07) is 4.10. The molecule has 0 aliphatic rings. The summed E-state index contributed by atoms with van der Waals surface area (Å²) in [6.07, 6.45) is 1.89. The van der Waals surface area contributed by atoms with Crippen LogP contribution in [0.15, 0.2) is 23.1 Å². The maximum atomic E-state index is 11.9. The molecule has 0 spiro atoms. The Labute approximate surface area is 109 Å². The van der Waals surface area contributed by atoms with E-state index in [0.717, 1.165) is 10.5 Å². The Kier molecular flexibility index (Phi) is 5.18. The predicted molar refractivity (Wildman–Crippen MR) is 68.9 cm³/mol. The summed E-state index contributed by atoms with van der Waals surface area (Å²) in [6.45, 7) is 1.13. The molecule has 0 radical (unpaired) electrons. The molecule has 0 heterocycles. The topological polar surface area (TPSA) is 86.6 Å². The van der Waals surface area contributed by atoms with Crippen molar-refractivity contribution in [3.05, 3.63) is 29.3 Å². The normalized spacial score (nSPS) is 11.9. The van der Waals surface area contributed by atoms with Gasteiger partial charge in [0.2, 0.25) is 0 Å². The molecule has 0 unspecified atom stereocenters. The zero-order valence-electron chi connectivity index (χ0n) is 10.1. The maximum absolute atomic E-state index is 11.9. The molecule has 0 fully saturated rings. The molecule has 1 aromatic carbocycles. The lowest BCUT2D eigenvalue weighted by molar-refractivity contribution is -0.140. The number of carboxylic acids is 1. The molecule has 6 heteroatoms. The number of aliphatic carboxylic acids is 1. The number of carbonyl (C=O) groups excluding carboxylic acids is 1. The molecular weight excluding hydrogens is 254 g/mol. The van der Waals surface area contributed by atoms with Gasteiger partial charge in [0.1, 0.15) is 0 Å². The number of aliphatic hydroxyl groups excluding tert-OH is 1. The number of thioether (sulfide) groups is 1. The molecule has 98 valence electrons. The molecule has 5 nitrogen and oxygen atoms in total. The zero-order valence-corrected chi connectivity index (χ0v) is 11.0. The van der Waals surface area contributed by atoms with Gasteiger partial charge in [-0.05, 0) is 30.9 Å². The van der Waals surface area contributed by atoms with Gasteiger partial charge in [0.25, 0.3) is 5.91 Å². The van der Waals surface area contributed by atoms with Crippen molar-refractivity contribution in [3.8, 4) is 0 Å². The Bertz CT molecular complexity index is 461. The van der Waals surface area contributed by atoms with Crippen molar-refractivity contribution < 1.29 is 19.8 Å². The monoisotopic (exact) mass is 269 g/mol. The number of benzene rings is 1. The van der Waals surface area contributed by atoms with Crippen molar-refractivity contribution in [2.24, 2.45) is 0 Å². The lowest BCUT2D eigenvalue weighted by Crippen LogP contribution is -2.43. The number of hydrogen-bond donors (Lipinski definition) is 3. The first-order chi connectivity index (χ1) is 8.49. The minimum Gasteiger partial charge on any atom is -0.480 e. The lowest BCUT2D eigenvalue weighted by Gasteiger charge is -2.13. The van der Waals surface area contributed by atoms with Crippen LogP contribution in [0.2, 0.25) is 0 Å². The van der Waals surface area contributed by atoms with Crippen LogP contribution in [0.3, 0.4) is 0 Å². The summed E-state index contributed by atoms with van der Waals surface area (Å²) in [4.78, 5) is 23.6. The Morgan fingerprint density at radius 2 is 2.11 bits per heavy atom. The van der Waals surface area contributed by atoms with E-state index in [1.165, 1.54) is 11.8 Å². The summed E-state index contributed by atoms with van der Waals surface area (Å²) in [5.74, 6) is -1.76. The molecule has 0 bridgehead atoms. The van der Waals surface area contributed by atoms with E-state index in [4.69, 9.17) is 10.2 Å².